The van der Waals surface area contributed by atoms with E-state index >= 15 is 0 Å². The van der Waals surface area contributed by atoms with Crippen LogP contribution in [0.1, 0.15) is 32.1 Å². The summed E-state index contributed by atoms with van der Waals surface area (Å²) in [6.45, 7) is 0.577. The molecule has 0 aliphatic heterocycles. The standard InChI is InChI=1S/C13H25N3O3S.ClH/c1-20(18,19)16-6-5-15-13(17)11-7-9-3-2-4-10(8-11)12(9)14;/h9-12,16H,2-8,14H2,1H3,(H,15,17);1H. The molecule has 0 aromatic rings. The predicted molar refractivity (Wildman–Crippen MR) is 84.6 cm³/mol. The van der Waals surface area contributed by atoms with E-state index in [4.69, 9.17) is 5.73 Å². The first kappa shape index (κ1) is 18.7. The van der Waals surface area contributed by atoms with E-state index in [1.807, 2.05) is 0 Å². The van der Waals surface area contributed by atoms with Gasteiger partial charge >= 0.3 is 0 Å². The highest BCUT2D eigenvalue weighted by molar-refractivity contribution is 7.88. The molecule has 2 aliphatic carbocycles. The fourth-order valence-electron chi connectivity index (χ4n) is 3.57. The van der Waals surface area contributed by atoms with Gasteiger partial charge in [-0.2, -0.15) is 0 Å². The summed E-state index contributed by atoms with van der Waals surface area (Å²) in [5.74, 6) is 1.05. The van der Waals surface area contributed by atoms with Gasteiger partial charge in [-0.3, -0.25) is 4.79 Å². The number of sulfonamides is 1. The molecule has 8 heteroatoms. The van der Waals surface area contributed by atoms with Crippen LogP contribution in [0, 0.1) is 17.8 Å². The van der Waals surface area contributed by atoms with Gasteiger partial charge in [0.15, 0.2) is 0 Å². The molecule has 2 rings (SSSR count). The molecule has 2 aliphatic rings. The quantitative estimate of drug-likeness (QED) is 0.624. The van der Waals surface area contributed by atoms with E-state index in [0.29, 0.717) is 18.4 Å². The molecule has 6 nitrogen and oxygen atoms in total. The first-order valence-electron chi connectivity index (χ1n) is 7.35. The molecule has 0 spiro atoms. The van der Waals surface area contributed by atoms with Gasteiger partial charge in [0.1, 0.15) is 0 Å². The lowest BCUT2D eigenvalue weighted by atomic mass is 9.65. The highest BCUT2D eigenvalue weighted by atomic mass is 35.5. The van der Waals surface area contributed by atoms with Gasteiger partial charge in [-0.15, -0.1) is 12.4 Å². The lowest BCUT2D eigenvalue weighted by Crippen LogP contribution is -2.49. The van der Waals surface area contributed by atoms with Crippen molar-refractivity contribution in [3.63, 3.8) is 0 Å². The Hall–Kier alpha value is -0.370. The van der Waals surface area contributed by atoms with Gasteiger partial charge in [0.05, 0.1) is 6.26 Å². The van der Waals surface area contributed by atoms with Crippen molar-refractivity contribution < 1.29 is 13.2 Å². The third-order valence-corrected chi connectivity index (χ3v) is 5.30. The molecule has 21 heavy (non-hydrogen) atoms. The molecular formula is C13H26ClN3O3S. The Bertz CT molecular complexity index is 444. The van der Waals surface area contributed by atoms with E-state index in [0.717, 1.165) is 31.9 Å². The Balaban J connectivity index is 0.00000220. The number of hydrogen-bond acceptors (Lipinski definition) is 4. The summed E-state index contributed by atoms with van der Waals surface area (Å²) in [7, 11) is -3.18. The summed E-state index contributed by atoms with van der Waals surface area (Å²) in [4.78, 5) is 12.1. The highest BCUT2D eigenvalue weighted by Crippen LogP contribution is 2.41. The summed E-state index contributed by atoms with van der Waals surface area (Å²) >= 11 is 0. The smallest absolute Gasteiger partial charge is 0.223 e. The fourth-order valence-corrected chi connectivity index (χ4v) is 4.04. The Morgan fingerprint density at radius 2 is 1.76 bits per heavy atom. The molecule has 0 saturated heterocycles. The second-order valence-electron chi connectivity index (χ2n) is 6.15. The number of amides is 1. The summed E-state index contributed by atoms with van der Waals surface area (Å²) < 4.78 is 24.2. The van der Waals surface area contributed by atoms with Gasteiger partial charge in [0.25, 0.3) is 0 Å². The van der Waals surface area contributed by atoms with Gasteiger partial charge in [-0.1, -0.05) is 6.42 Å². The minimum absolute atomic E-state index is 0. The molecular weight excluding hydrogens is 314 g/mol. The van der Waals surface area contributed by atoms with Crippen LogP contribution in [0.15, 0.2) is 0 Å². The van der Waals surface area contributed by atoms with Crippen LogP contribution in [0.4, 0.5) is 0 Å². The van der Waals surface area contributed by atoms with Crippen LogP contribution in [0.3, 0.4) is 0 Å². The molecule has 0 aromatic heterocycles. The largest absolute Gasteiger partial charge is 0.355 e. The Morgan fingerprint density at radius 3 is 2.29 bits per heavy atom. The van der Waals surface area contributed by atoms with Crippen molar-refractivity contribution in [2.45, 2.75) is 38.1 Å². The maximum Gasteiger partial charge on any atom is 0.223 e. The van der Waals surface area contributed by atoms with Gasteiger partial charge < -0.3 is 11.1 Å². The van der Waals surface area contributed by atoms with Crippen LogP contribution in [-0.2, 0) is 14.8 Å². The summed E-state index contributed by atoms with van der Waals surface area (Å²) in [5, 5.41) is 2.82. The number of nitrogens with one attached hydrogen (secondary N) is 2. The van der Waals surface area contributed by atoms with Gasteiger partial charge in [-0.25, -0.2) is 13.1 Å². The molecule has 0 heterocycles. The first-order valence-corrected chi connectivity index (χ1v) is 9.24. The summed E-state index contributed by atoms with van der Waals surface area (Å²) in [6.07, 6.45) is 6.37. The molecule has 2 bridgehead atoms. The fraction of sp³-hybridized carbons (Fsp3) is 0.923. The van der Waals surface area contributed by atoms with Crippen molar-refractivity contribution in [2.75, 3.05) is 19.3 Å². The minimum Gasteiger partial charge on any atom is -0.355 e. The van der Waals surface area contributed by atoms with Gasteiger partial charge in [0.2, 0.25) is 15.9 Å². The first-order chi connectivity index (χ1) is 9.37. The van der Waals surface area contributed by atoms with Crippen LogP contribution in [0.25, 0.3) is 0 Å². The van der Waals surface area contributed by atoms with Crippen LogP contribution in [-0.4, -0.2) is 39.7 Å². The molecule has 1 amide bonds. The van der Waals surface area contributed by atoms with E-state index in [9.17, 15) is 13.2 Å². The normalized spacial score (nSPS) is 32.1. The second-order valence-corrected chi connectivity index (χ2v) is 7.99. The van der Waals surface area contributed by atoms with Crippen molar-refractivity contribution in [3.8, 4) is 0 Å². The Kier molecular flexibility index (Phi) is 6.90. The number of carbonyl (C=O) groups is 1. The minimum atomic E-state index is -3.18. The third-order valence-electron chi connectivity index (χ3n) is 4.57. The molecule has 2 atom stereocenters. The van der Waals surface area contributed by atoms with Crippen molar-refractivity contribution >= 4 is 28.3 Å². The van der Waals surface area contributed by atoms with Crippen LogP contribution < -0.4 is 15.8 Å². The molecule has 124 valence electrons. The molecule has 2 unspecified atom stereocenters. The maximum atomic E-state index is 12.1. The Labute approximate surface area is 133 Å². The van der Waals surface area contributed by atoms with Crippen molar-refractivity contribution in [2.24, 2.45) is 23.5 Å². The summed E-state index contributed by atoms with van der Waals surface area (Å²) in [6, 6.07) is 0.264. The van der Waals surface area contributed by atoms with E-state index in [2.05, 4.69) is 10.0 Å². The second kappa shape index (κ2) is 7.76. The monoisotopic (exact) mass is 339 g/mol. The SMILES string of the molecule is CS(=O)(=O)NCCNC(=O)C1CC2CCCC(C1)C2N.Cl. The van der Waals surface area contributed by atoms with Crippen molar-refractivity contribution in [1.29, 1.82) is 0 Å². The van der Waals surface area contributed by atoms with E-state index < -0.39 is 10.0 Å². The average Bonchev–Trinajstić information content (AvgIpc) is 2.33. The van der Waals surface area contributed by atoms with Gasteiger partial charge in [0, 0.05) is 25.0 Å². The number of rotatable bonds is 5. The van der Waals surface area contributed by atoms with Crippen molar-refractivity contribution in [3.05, 3.63) is 0 Å². The zero-order chi connectivity index (χ0) is 14.8. The molecule has 0 radical (unpaired) electrons. The van der Waals surface area contributed by atoms with E-state index in [1.54, 1.807) is 0 Å². The van der Waals surface area contributed by atoms with Crippen molar-refractivity contribution in [1.82, 2.24) is 10.0 Å². The lowest BCUT2D eigenvalue weighted by Gasteiger charge is -2.43. The molecule has 2 fully saturated rings. The lowest BCUT2D eigenvalue weighted by molar-refractivity contribution is -0.127. The molecule has 2 saturated carbocycles. The number of hydrogen-bond donors (Lipinski definition) is 3. The van der Waals surface area contributed by atoms with Gasteiger partial charge in [-0.05, 0) is 37.5 Å². The van der Waals surface area contributed by atoms with Crippen LogP contribution >= 0.6 is 12.4 Å². The zero-order valence-corrected chi connectivity index (χ0v) is 14.0. The predicted octanol–water partition coefficient (Wildman–Crippen LogP) is 0.227. The zero-order valence-electron chi connectivity index (χ0n) is 12.4. The molecule has 0 aromatic carbocycles. The maximum absolute atomic E-state index is 12.1. The average molecular weight is 340 g/mol. The number of fused-ring (bicyclic) bond motifs is 2. The number of nitrogens with two attached hydrogens (primary N) is 1. The van der Waals surface area contributed by atoms with Crippen LogP contribution in [0.2, 0.25) is 0 Å². The Morgan fingerprint density at radius 1 is 1.19 bits per heavy atom. The number of halogens is 1. The van der Waals surface area contributed by atoms with E-state index in [-0.39, 0.29) is 36.8 Å². The highest BCUT2D eigenvalue weighted by Gasteiger charge is 2.40. The third kappa shape index (κ3) is 5.39. The number of carbonyl (C=O) groups excluding carboxylic acids is 1. The van der Waals surface area contributed by atoms with E-state index in [1.165, 1.54) is 6.42 Å². The molecule has 4 N–H and O–H groups in total. The summed E-state index contributed by atoms with van der Waals surface area (Å²) in [5.41, 5.74) is 6.21. The topological polar surface area (TPSA) is 101 Å². The van der Waals surface area contributed by atoms with Crippen LogP contribution in [0.5, 0.6) is 0 Å².